The molecule has 80 valence electrons. The Hall–Kier alpha value is -1.41. The zero-order valence-electron chi connectivity index (χ0n) is 7.67. The molecular formula is C9H8ClF2N3. The molecule has 0 bridgehead atoms. The van der Waals surface area contributed by atoms with Crippen molar-refractivity contribution < 1.29 is 8.78 Å². The Morgan fingerprint density at radius 3 is 2.73 bits per heavy atom. The maximum Gasteiger partial charge on any atom is 0.267 e. The van der Waals surface area contributed by atoms with E-state index in [4.69, 9.17) is 22.6 Å². The van der Waals surface area contributed by atoms with E-state index in [0.29, 0.717) is 5.69 Å². The Labute approximate surface area is 90.5 Å². The Morgan fingerprint density at radius 1 is 1.60 bits per heavy atom. The van der Waals surface area contributed by atoms with Crippen molar-refractivity contribution in [3.05, 3.63) is 22.9 Å². The third kappa shape index (κ3) is 2.54. The number of hydrogen-bond acceptors (Lipinski definition) is 3. The number of nitrogen functional groups attached to an aromatic ring is 1. The average Bonchev–Trinajstić information content (AvgIpc) is 2.16. The van der Waals surface area contributed by atoms with Gasteiger partial charge in [-0.3, -0.25) is 0 Å². The molecule has 0 aliphatic heterocycles. The van der Waals surface area contributed by atoms with Gasteiger partial charge in [0.1, 0.15) is 5.82 Å². The van der Waals surface area contributed by atoms with E-state index in [9.17, 15) is 8.78 Å². The molecule has 1 aromatic rings. The number of aromatic nitrogens is 1. The van der Waals surface area contributed by atoms with Crippen molar-refractivity contribution in [2.75, 3.05) is 5.73 Å². The fourth-order valence-electron chi connectivity index (χ4n) is 1.24. The topological polar surface area (TPSA) is 62.7 Å². The van der Waals surface area contributed by atoms with Crippen molar-refractivity contribution in [1.29, 1.82) is 5.26 Å². The van der Waals surface area contributed by atoms with Gasteiger partial charge in [0.2, 0.25) is 0 Å². The number of anilines is 1. The number of rotatable bonds is 3. The molecule has 0 amide bonds. The molecule has 0 fully saturated rings. The van der Waals surface area contributed by atoms with Crippen molar-refractivity contribution in [3.63, 3.8) is 0 Å². The Kier molecular flexibility index (Phi) is 3.81. The minimum absolute atomic E-state index is 0.0755. The lowest BCUT2D eigenvalue weighted by molar-refractivity contribution is 0.151. The van der Waals surface area contributed by atoms with Crippen LogP contribution in [-0.4, -0.2) is 4.98 Å². The molecule has 1 heterocycles. The zero-order chi connectivity index (χ0) is 11.4. The second kappa shape index (κ2) is 4.89. The Morgan fingerprint density at radius 2 is 2.27 bits per heavy atom. The monoisotopic (exact) mass is 231 g/mol. The highest BCUT2D eigenvalue weighted by molar-refractivity contribution is 6.16. The standard InChI is InChI=1S/C9H8ClF2N3/c10-4-6-3-5(1-2-13)7(8(11)12)9(14)15-6/h3,8H,1,4H2,(H2,14,15). The minimum atomic E-state index is -2.73. The third-order valence-electron chi connectivity index (χ3n) is 1.85. The van der Waals surface area contributed by atoms with E-state index in [2.05, 4.69) is 4.98 Å². The summed E-state index contributed by atoms with van der Waals surface area (Å²) in [5, 5.41) is 8.49. The normalized spacial score (nSPS) is 10.3. The first-order valence-corrected chi connectivity index (χ1v) is 4.62. The van der Waals surface area contributed by atoms with Crippen LogP contribution in [0.2, 0.25) is 0 Å². The predicted molar refractivity (Wildman–Crippen MR) is 52.5 cm³/mol. The van der Waals surface area contributed by atoms with Crippen LogP contribution in [0.4, 0.5) is 14.6 Å². The van der Waals surface area contributed by atoms with Crippen LogP contribution in [0.25, 0.3) is 0 Å². The first-order valence-electron chi connectivity index (χ1n) is 4.09. The van der Waals surface area contributed by atoms with Crippen LogP contribution < -0.4 is 5.73 Å². The number of pyridine rings is 1. The van der Waals surface area contributed by atoms with Crippen LogP contribution in [0.15, 0.2) is 6.07 Å². The molecule has 15 heavy (non-hydrogen) atoms. The molecule has 0 aliphatic carbocycles. The highest BCUT2D eigenvalue weighted by atomic mass is 35.5. The predicted octanol–water partition coefficient (Wildman–Crippen LogP) is 2.41. The van der Waals surface area contributed by atoms with Crippen molar-refractivity contribution in [3.8, 4) is 6.07 Å². The van der Waals surface area contributed by atoms with Gasteiger partial charge in [0, 0.05) is 0 Å². The van der Waals surface area contributed by atoms with E-state index >= 15 is 0 Å². The summed E-state index contributed by atoms with van der Waals surface area (Å²) in [5.74, 6) is -0.181. The van der Waals surface area contributed by atoms with Crippen LogP contribution in [0.3, 0.4) is 0 Å². The van der Waals surface area contributed by atoms with Crippen molar-refractivity contribution in [1.82, 2.24) is 4.98 Å². The molecular weight excluding hydrogens is 224 g/mol. The summed E-state index contributed by atoms with van der Waals surface area (Å²) in [6.07, 6.45) is -2.86. The summed E-state index contributed by atoms with van der Waals surface area (Å²) in [6, 6.07) is 3.18. The van der Waals surface area contributed by atoms with Gasteiger partial charge in [-0.2, -0.15) is 5.26 Å². The van der Waals surface area contributed by atoms with Gasteiger partial charge in [-0.25, -0.2) is 13.8 Å². The van der Waals surface area contributed by atoms with Gasteiger partial charge in [-0.1, -0.05) is 0 Å². The van der Waals surface area contributed by atoms with Gasteiger partial charge in [-0.05, 0) is 11.6 Å². The van der Waals surface area contributed by atoms with Gasteiger partial charge in [0.15, 0.2) is 0 Å². The molecule has 2 N–H and O–H groups in total. The molecule has 6 heteroatoms. The second-order valence-electron chi connectivity index (χ2n) is 2.84. The smallest absolute Gasteiger partial charge is 0.267 e. The number of nitriles is 1. The maximum absolute atomic E-state index is 12.6. The molecule has 0 unspecified atom stereocenters. The van der Waals surface area contributed by atoms with Crippen LogP contribution >= 0.6 is 11.6 Å². The van der Waals surface area contributed by atoms with E-state index in [1.165, 1.54) is 6.07 Å². The number of hydrogen-bond donors (Lipinski definition) is 1. The van der Waals surface area contributed by atoms with Gasteiger partial charge in [-0.15, -0.1) is 11.6 Å². The zero-order valence-corrected chi connectivity index (χ0v) is 8.43. The van der Waals surface area contributed by atoms with Crippen LogP contribution in [0.5, 0.6) is 0 Å². The fraction of sp³-hybridized carbons (Fsp3) is 0.333. The lowest BCUT2D eigenvalue weighted by Crippen LogP contribution is -2.05. The van der Waals surface area contributed by atoms with Crippen molar-refractivity contribution in [2.24, 2.45) is 0 Å². The second-order valence-corrected chi connectivity index (χ2v) is 3.11. The maximum atomic E-state index is 12.6. The highest BCUT2D eigenvalue weighted by Crippen LogP contribution is 2.28. The molecule has 3 nitrogen and oxygen atoms in total. The van der Waals surface area contributed by atoms with Crippen LogP contribution in [-0.2, 0) is 12.3 Å². The van der Waals surface area contributed by atoms with Crippen molar-refractivity contribution >= 4 is 17.4 Å². The van der Waals surface area contributed by atoms with Crippen molar-refractivity contribution in [2.45, 2.75) is 18.7 Å². The largest absolute Gasteiger partial charge is 0.383 e. The average molecular weight is 232 g/mol. The van der Waals surface area contributed by atoms with Gasteiger partial charge in [0.25, 0.3) is 6.43 Å². The van der Waals surface area contributed by atoms with Crippen LogP contribution in [0, 0.1) is 11.3 Å². The Balaban J connectivity index is 3.30. The van der Waals surface area contributed by atoms with E-state index in [-0.39, 0.29) is 29.2 Å². The van der Waals surface area contributed by atoms with E-state index in [0.717, 1.165) is 0 Å². The van der Waals surface area contributed by atoms with Gasteiger partial charge >= 0.3 is 0 Å². The minimum Gasteiger partial charge on any atom is -0.383 e. The number of nitrogens with zero attached hydrogens (tertiary/aromatic N) is 2. The number of nitrogens with two attached hydrogens (primary N) is 1. The summed E-state index contributed by atoms with van der Waals surface area (Å²) in [6.45, 7) is 0. The van der Waals surface area contributed by atoms with Gasteiger partial charge in [0.05, 0.1) is 29.6 Å². The third-order valence-corrected chi connectivity index (χ3v) is 2.13. The number of alkyl halides is 3. The summed E-state index contributed by atoms with van der Waals surface area (Å²) in [4.78, 5) is 3.71. The first-order chi connectivity index (χ1) is 7.10. The SMILES string of the molecule is N#CCc1cc(CCl)nc(N)c1C(F)F. The van der Waals surface area contributed by atoms with E-state index in [1.807, 2.05) is 0 Å². The molecule has 1 aromatic heterocycles. The molecule has 0 spiro atoms. The molecule has 0 aliphatic rings. The summed E-state index contributed by atoms with van der Waals surface area (Å²) in [5.41, 5.74) is 5.58. The van der Waals surface area contributed by atoms with Gasteiger partial charge < -0.3 is 5.73 Å². The lowest BCUT2D eigenvalue weighted by atomic mass is 10.1. The molecule has 0 aromatic carbocycles. The van der Waals surface area contributed by atoms with E-state index in [1.54, 1.807) is 6.07 Å². The molecule has 0 atom stereocenters. The molecule has 0 saturated heterocycles. The summed E-state index contributed by atoms with van der Waals surface area (Å²) >= 11 is 5.51. The Bertz CT molecular complexity index is 401. The lowest BCUT2D eigenvalue weighted by Gasteiger charge is -2.10. The molecule has 0 saturated carbocycles. The van der Waals surface area contributed by atoms with E-state index < -0.39 is 6.43 Å². The molecule has 0 radical (unpaired) electrons. The highest BCUT2D eigenvalue weighted by Gasteiger charge is 2.18. The molecule has 1 rings (SSSR count). The first kappa shape index (κ1) is 11.7. The summed E-state index contributed by atoms with van der Waals surface area (Å²) < 4.78 is 25.2. The van der Waals surface area contributed by atoms with Crippen LogP contribution in [0.1, 0.15) is 23.2 Å². The summed E-state index contributed by atoms with van der Waals surface area (Å²) in [7, 11) is 0. The number of halogens is 3. The quantitative estimate of drug-likeness (QED) is 0.813. The fourth-order valence-corrected chi connectivity index (χ4v) is 1.38.